The van der Waals surface area contributed by atoms with Crippen molar-refractivity contribution in [3.8, 4) is 11.5 Å². The topological polar surface area (TPSA) is 59.6 Å². The van der Waals surface area contributed by atoms with Crippen LogP contribution in [0.2, 0.25) is 5.02 Å². The van der Waals surface area contributed by atoms with Crippen molar-refractivity contribution in [2.75, 3.05) is 25.6 Å². The van der Waals surface area contributed by atoms with Crippen molar-refractivity contribution < 1.29 is 14.3 Å². The Morgan fingerprint density at radius 2 is 1.92 bits per heavy atom. The van der Waals surface area contributed by atoms with Crippen LogP contribution in [0.25, 0.3) is 0 Å². The van der Waals surface area contributed by atoms with E-state index in [0.29, 0.717) is 35.4 Å². The van der Waals surface area contributed by atoms with Crippen molar-refractivity contribution in [3.63, 3.8) is 0 Å². The number of anilines is 1. The molecule has 0 aromatic heterocycles. The molecule has 0 aliphatic rings. The smallest absolute Gasteiger partial charge is 0.319 e. The molecule has 0 fully saturated rings. The van der Waals surface area contributed by atoms with Crippen LogP contribution < -0.4 is 20.1 Å². The predicted molar refractivity (Wildman–Crippen MR) is 96.4 cm³/mol. The Morgan fingerprint density at radius 1 is 1.12 bits per heavy atom. The van der Waals surface area contributed by atoms with Crippen LogP contribution in [0.1, 0.15) is 11.1 Å². The fourth-order valence-electron chi connectivity index (χ4n) is 2.07. The van der Waals surface area contributed by atoms with E-state index in [2.05, 4.69) is 10.6 Å². The first-order valence-corrected chi connectivity index (χ1v) is 7.96. The quantitative estimate of drug-likeness (QED) is 0.770. The maximum atomic E-state index is 11.8. The van der Waals surface area contributed by atoms with E-state index in [1.807, 2.05) is 38.1 Å². The maximum absolute atomic E-state index is 11.8. The van der Waals surface area contributed by atoms with Gasteiger partial charge in [-0.25, -0.2) is 4.79 Å². The van der Waals surface area contributed by atoms with E-state index in [1.165, 1.54) is 0 Å². The first-order valence-electron chi connectivity index (χ1n) is 7.58. The molecule has 2 rings (SSSR count). The van der Waals surface area contributed by atoms with Crippen molar-refractivity contribution in [2.45, 2.75) is 13.8 Å². The molecule has 0 bridgehead atoms. The van der Waals surface area contributed by atoms with Crippen molar-refractivity contribution in [1.82, 2.24) is 5.32 Å². The summed E-state index contributed by atoms with van der Waals surface area (Å²) in [6, 6.07) is 10.7. The number of hydrogen-bond acceptors (Lipinski definition) is 3. The lowest BCUT2D eigenvalue weighted by molar-refractivity contribution is 0.246. The van der Waals surface area contributed by atoms with Crippen LogP contribution in [0, 0.1) is 13.8 Å². The SMILES string of the molecule is COc1cc(C)ccc1OCCNC(=O)Nc1ccc(C)c(Cl)c1. The van der Waals surface area contributed by atoms with Gasteiger partial charge >= 0.3 is 6.03 Å². The summed E-state index contributed by atoms with van der Waals surface area (Å²) in [5, 5.41) is 6.06. The molecular formula is C18H21ClN2O3. The Hall–Kier alpha value is -2.40. The molecule has 5 nitrogen and oxygen atoms in total. The van der Waals surface area contributed by atoms with Gasteiger partial charge < -0.3 is 20.1 Å². The number of ether oxygens (including phenoxy) is 2. The highest BCUT2D eigenvalue weighted by atomic mass is 35.5. The van der Waals surface area contributed by atoms with E-state index >= 15 is 0 Å². The van der Waals surface area contributed by atoms with Gasteiger partial charge in [0.1, 0.15) is 6.61 Å². The minimum absolute atomic E-state index is 0.311. The Bertz CT molecular complexity index is 719. The standard InChI is InChI=1S/C18H21ClN2O3/c1-12-4-7-16(17(10-12)23-3)24-9-8-20-18(22)21-14-6-5-13(2)15(19)11-14/h4-7,10-11H,8-9H2,1-3H3,(H2,20,21,22). The van der Waals surface area contributed by atoms with Gasteiger partial charge in [-0.15, -0.1) is 0 Å². The number of nitrogens with one attached hydrogen (secondary N) is 2. The first-order chi connectivity index (χ1) is 11.5. The van der Waals surface area contributed by atoms with Crippen molar-refractivity contribution in [2.24, 2.45) is 0 Å². The zero-order chi connectivity index (χ0) is 17.5. The highest BCUT2D eigenvalue weighted by molar-refractivity contribution is 6.31. The fraction of sp³-hybridized carbons (Fsp3) is 0.278. The summed E-state index contributed by atoms with van der Waals surface area (Å²) in [5.74, 6) is 1.32. The van der Waals surface area contributed by atoms with Crippen LogP contribution in [-0.2, 0) is 0 Å². The van der Waals surface area contributed by atoms with Crippen molar-refractivity contribution in [1.29, 1.82) is 0 Å². The van der Waals surface area contributed by atoms with Gasteiger partial charge in [0.2, 0.25) is 0 Å². The Balaban J connectivity index is 1.77. The Kier molecular flexibility index (Phi) is 6.32. The number of carbonyl (C=O) groups excluding carboxylic acids is 1. The summed E-state index contributed by atoms with van der Waals surface area (Å²) in [5.41, 5.74) is 2.70. The van der Waals surface area contributed by atoms with E-state index < -0.39 is 0 Å². The molecule has 2 N–H and O–H groups in total. The molecule has 24 heavy (non-hydrogen) atoms. The van der Waals surface area contributed by atoms with Gasteiger partial charge in [-0.1, -0.05) is 23.7 Å². The second-order valence-corrected chi connectivity index (χ2v) is 5.75. The molecule has 2 amide bonds. The molecule has 0 spiro atoms. The molecule has 0 radical (unpaired) electrons. The maximum Gasteiger partial charge on any atom is 0.319 e. The van der Waals surface area contributed by atoms with Gasteiger partial charge in [0, 0.05) is 10.7 Å². The van der Waals surface area contributed by atoms with Crippen molar-refractivity contribution >= 4 is 23.3 Å². The lowest BCUT2D eigenvalue weighted by Crippen LogP contribution is -2.32. The summed E-state index contributed by atoms with van der Waals surface area (Å²) >= 11 is 6.03. The largest absolute Gasteiger partial charge is 0.493 e. The van der Waals surface area contributed by atoms with E-state index in [1.54, 1.807) is 19.2 Å². The lowest BCUT2D eigenvalue weighted by Gasteiger charge is -2.12. The number of rotatable bonds is 6. The van der Waals surface area contributed by atoms with Crippen LogP contribution >= 0.6 is 11.6 Å². The number of carbonyl (C=O) groups is 1. The molecule has 2 aromatic rings. The number of hydrogen-bond donors (Lipinski definition) is 2. The van der Waals surface area contributed by atoms with E-state index in [0.717, 1.165) is 11.1 Å². The number of halogens is 1. The van der Waals surface area contributed by atoms with Gasteiger partial charge in [0.25, 0.3) is 0 Å². The molecule has 128 valence electrons. The van der Waals surface area contributed by atoms with Gasteiger partial charge in [-0.05, 0) is 49.2 Å². The monoisotopic (exact) mass is 348 g/mol. The Labute approximate surface area is 146 Å². The van der Waals surface area contributed by atoms with E-state index in [9.17, 15) is 4.79 Å². The molecule has 0 heterocycles. The minimum atomic E-state index is -0.311. The van der Waals surface area contributed by atoms with Gasteiger partial charge in [0.05, 0.1) is 13.7 Å². The summed E-state index contributed by atoms with van der Waals surface area (Å²) in [6.45, 7) is 4.59. The molecule has 0 atom stereocenters. The van der Waals surface area contributed by atoms with Crippen LogP contribution in [0.5, 0.6) is 11.5 Å². The predicted octanol–water partition coefficient (Wildman–Crippen LogP) is 4.17. The van der Waals surface area contributed by atoms with Crippen LogP contribution in [0.4, 0.5) is 10.5 Å². The first kappa shape index (κ1) is 17.9. The fourth-order valence-corrected chi connectivity index (χ4v) is 2.25. The number of benzene rings is 2. The summed E-state index contributed by atoms with van der Waals surface area (Å²) in [7, 11) is 1.60. The molecule has 0 saturated heterocycles. The average molecular weight is 349 g/mol. The molecule has 0 aliphatic carbocycles. The zero-order valence-electron chi connectivity index (χ0n) is 14.0. The zero-order valence-corrected chi connectivity index (χ0v) is 14.7. The van der Waals surface area contributed by atoms with Crippen LogP contribution in [-0.4, -0.2) is 26.3 Å². The number of urea groups is 1. The van der Waals surface area contributed by atoms with Gasteiger partial charge in [-0.3, -0.25) is 0 Å². The summed E-state index contributed by atoms with van der Waals surface area (Å²) < 4.78 is 10.9. The molecule has 0 aliphatic heterocycles. The number of methoxy groups -OCH3 is 1. The van der Waals surface area contributed by atoms with Crippen LogP contribution in [0.15, 0.2) is 36.4 Å². The normalized spacial score (nSPS) is 10.2. The third kappa shape index (κ3) is 5.06. The average Bonchev–Trinajstić information content (AvgIpc) is 2.56. The molecule has 2 aromatic carbocycles. The van der Waals surface area contributed by atoms with Gasteiger partial charge in [-0.2, -0.15) is 0 Å². The van der Waals surface area contributed by atoms with Crippen LogP contribution in [0.3, 0.4) is 0 Å². The lowest BCUT2D eigenvalue weighted by atomic mass is 10.2. The highest BCUT2D eigenvalue weighted by Gasteiger charge is 2.06. The molecular weight excluding hydrogens is 328 g/mol. The molecule has 6 heteroatoms. The second-order valence-electron chi connectivity index (χ2n) is 5.35. The highest BCUT2D eigenvalue weighted by Crippen LogP contribution is 2.27. The van der Waals surface area contributed by atoms with Crippen molar-refractivity contribution in [3.05, 3.63) is 52.5 Å². The van der Waals surface area contributed by atoms with E-state index in [-0.39, 0.29) is 6.03 Å². The van der Waals surface area contributed by atoms with E-state index in [4.69, 9.17) is 21.1 Å². The third-order valence-electron chi connectivity index (χ3n) is 3.39. The second kappa shape index (κ2) is 8.45. The summed E-state index contributed by atoms with van der Waals surface area (Å²) in [6.07, 6.45) is 0. The summed E-state index contributed by atoms with van der Waals surface area (Å²) in [4.78, 5) is 11.8. The third-order valence-corrected chi connectivity index (χ3v) is 3.80. The molecule has 0 saturated carbocycles. The molecule has 0 unspecified atom stereocenters. The number of aryl methyl sites for hydroxylation is 2. The minimum Gasteiger partial charge on any atom is -0.493 e. The number of amides is 2. The van der Waals surface area contributed by atoms with Gasteiger partial charge in [0.15, 0.2) is 11.5 Å². The Morgan fingerprint density at radius 3 is 2.62 bits per heavy atom.